The van der Waals surface area contributed by atoms with Crippen molar-refractivity contribution in [3.63, 3.8) is 0 Å². The second kappa shape index (κ2) is 5.77. The van der Waals surface area contributed by atoms with Crippen molar-refractivity contribution in [1.29, 1.82) is 0 Å². The highest BCUT2D eigenvalue weighted by molar-refractivity contribution is 5.85. The predicted molar refractivity (Wildman–Crippen MR) is 48.4 cm³/mol. The minimum absolute atomic E-state index is 0. The van der Waals surface area contributed by atoms with Crippen molar-refractivity contribution >= 4 is 12.4 Å². The van der Waals surface area contributed by atoms with Crippen LogP contribution in [0.3, 0.4) is 0 Å². The third kappa shape index (κ3) is 4.58. The molecular weight excluding hydrogens is 164 g/mol. The molecule has 0 radical (unpaired) electrons. The molecule has 0 aromatic heterocycles. The van der Waals surface area contributed by atoms with Crippen LogP contribution in [0.1, 0.15) is 0 Å². The normalized spacial score (nSPS) is 24.8. The van der Waals surface area contributed by atoms with Crippen LogP contribution in [-0.2, 0) is 4.74 Å². The summed E-state index contributed by atoms with van der Waals surface area (Å²) in [6.07, 6.45) is 0.392. The number of rotatable bonds is 2. The van der Waals surface area contributed by atoms with Gasteiger partial charge in [-0.1, -0.05) is 0 Å². The van der Waals surface area contributed by atoms with Crippen LogP contribution in [0.25, 0.3) is 0 Å². The van der Waals surface area contributed by atoms with Crippen LogP contribution in [0.15, 0.2) is 0 Å². The number of nitrogens with one attached hydrogen (secondary N) is 1. The fourth-order valence-corrected chi connectivity index (χ4v) is 1.14. The lowest BCUT2D eigenvalue weighted by atomic mass is 10.3. The molecule has 1 aliphatic heterocycles. The highest BCUT2D eigenvalue weighted by Crippen LogP contribution is 1.96. The van der Waals surface area contributed by atoms with E-state index in [9.17, 15) is 0 Å². The van der Waals surface area contributed by atoms with Crippen molar-refractivity contribution < 1.29 is 4.74 Å². The van der Waals surface area contributed by atoms with Gasteiger partial charge in [-0.3, -0.25) is 0 Å². The number of morpholine rings is 1. The van der Waals surface area contributed by atoms with Gasteiger partial charge < -0.3 is 15.0 Å². The topological polar surface area (TPSA) is 24.5 Å². The molecule has 68 valence electrons. The van der Waals surface area contributed by atoms with Crippen LogP contribution in [-0.4, -0.2) is 51.3 Å². The summed E-state index contributed by atoms with van der Waals surface area (Å²) in [6, 6.07) is 0. The Hall–Kier alpha value is 0.170. The van der Waals surface area contributed by atoms with Crippen LogP contribution in [0.5, 0.6) is 0 Å². The summed E-state index contributed by atoms with van der Waals surface area (Å²) < 4.78 is 5.48. The fourth-order valence-electron chi connectivity index (χ4n) is 1.14. The number of halogens is 1. The summed E-state index contributed by atoms with van der Waals surface area (Å²) in [5, 5.41) is 3.29. The van der Waals surface area contributed by atoms with Crippen LogP contribution < -0.4 is 5.32 Å². The zero-order valence-electron chi connectivity index (χ0n) is 7.17. The van der Waals surface area contributed by atoms with Gasteiger partial charge in [0.05, 0.1) is 12.7 Å². The van der Waals surface area contributed by atoms with Crippen molar-refractivity contribution in [2.75, 3.05) is 40.3 Å². The third-order valence-electron chi connectivity index (χ3n) is 1.57. The molecule has 0 amide bonds. The van der Waals surface area contributed by atoms with E-state index in [1.807, 2.05) is 0 Å². The van der Waals surface area contributed by atoms with Gasteiger partial charge in [0.25, 0.3) is 0 Å². The molecule has 1 aliphatic rings. The van der Waals surface area contributed by atoms with Crippen LogP contribution in [0.4, 0.5) is 0 Å². The highest BCUT2D eigenvalue weighted by atomic mass is 35.5. The first-order valence-electron chi connectivity index (χ1n) is 3.76. The third-order valence-corrected chi connectivity index (χ3v) is 1.57. The number of hydrogen-bond acceptors (Lipinski definition) is 3. The lowest BCUT2D eigenvalue weighted by molar-refractivity contribution is 0.0139. The van der Waals surface area contributed by atoms with Gasteiger partial charge >= 0.3 is 0 Å². The molecule has 1 rings (SSSR count). The molecule has 0 aliphatic carbocycles. The van der Waals surface area contributed by atoms with Gasteiger partial charge in [0, 0.05) is 19.6 Å². The SMILES string of the molecule is CN(C)C[C@@H]1CNCCO1.Cl. The lowest BCUT2D eigenvalue weighted by Gasteiger charge is -2.25. The molecule has 0 aromatic rings. The maximum atomic E-state index is 5.48. The molecule has 0 spiro atoms. The van der Waals surface area contributed by atoms with Gasteiger partial charge in [-0.2, -0.15) is 0 Å². The Morgan fingerprint density at radius 1 is 1.55 bits per heavy atom. The number of hydrogen-bond donors (Lipinski definition) is 1. The molecule has 1 saturated heterocycles. The van der Waals surface area contributed by atoms with Gasteiger partial charge in [-0.25, -0.2) is 0 Å². The van der Waals surface area contributed by atoms with E-state index in [1.165, 1.54) is 0 Å². The van der Waals surface area contributed by atoms with Gasteiger partial charge in [-0.05, 0) is 14.1 Å². The zero-order chi connectivity index (χ0) is 7.40. The summed E-state index contributed by atoms with van der Waals surface area (Å²) in [7, 11) is 4.13. The first-order chi connectivity index (χ1) is 4.79. The van der Waals surface area contributed by atoms with Gasteiger partial charge in [0.1, 0.15) is 0 Å². The predicted octanol–water partition coefficient (Wildman–Crippen LogP) is -0.0418. The zero-order valence-corrected chi connectivity index (χ0v) is 7.99. The molecule has 0 unspecified atom stereocenters. The second-order valence-electron chi connectivity index (χ2n) is 2.96. The molecule has 1 heterocycles. The van der Waals surface area contributed by atoms with Crippen molar-refractivity contribution in [1.82, 2.24) is 10.2 Å². The Balaban J connectivity index is 0.000001000. The van der Waals surface area contributed by atoms with Gasteiger partial charge in [-0.15, -0.1) is 12.4 Å². The maximum Gasteiger partial charge on any atom is 0.0826 e. The molecular formula is C7H17ClN2O. The van der Waals surface area contributed by atoms with E-state index in [0.717, 1.165) is 26.2 Å². The molecule has 1 fully saturated rings. The molecule has 0 saturated carbocycles. The Bertz CT molecular complexity index is 94.4. The summed E-state index contributed by atoms with van der Waals surface area (Å²) in [4.78, 5) is 2.15. The van der Waals surface area contributed by atoms with E-state index in [4.69, 9.17) is 4.74 Å². The first-order valence-corrected chi connectivity index (χ1v) is 3.76. The molecule has 0 aromatic carbocycles. The van der Waals surface area contributed by atoms with Crippen molar-refractivity contribution in [3.8, 4) is 0 Å². The van der Waals surface area contributed by atoms with Gasteiger partial charge in [0.2, 0.25) is 0 Å². The number of likely N-dealkylation sites (N-methyl/N-ethyl adjacent to an activating group) is 1. The van der Waals surface area contributed by atoms with E-state index in [0.29, 0.717) is 6.10 Å². The summed E-state index contributed by atoms with van der Waals surface area (Å²) in [5.74, 6) is 0. The van der Waals surface area contributed by atoms with Crippen LogP contribution in [0.2, 0.25) is 0 Å². The summed E-state index contributed by atoms with van der Waals surface area (Å²) in [6.45, 7) is 3.88. The van der Waals surface area contributed by atoms with E-state index in [1.54, 1.807) is 0 Å². The van der Waals surface area contributed by atoms with E-state index in [2.05, 4.69) is 24.3 Å². The molecule has 3 nitrogen and oxygen atoms in total. The molecule has 11 heavy (non-hydrogen) atoms. The van der Waals surface area contributed by atoms with Crippen LogP contribution in [0, 0.1) is 0 Å². The molecule has 4 heteroatoms. The second-order valence-corrected chi connectivity index (χ2v) is 2.96. The van der Waals surface area contributed by atoms with E-state index in [-0.39, 0.29) is 12.4 Å². The Morgan fingerprint density at radius 2 is 2.27 bits per heavy atom. The van der Waals surface area contributed by atoms with Crippen molar-refractivity contribution in [2.24, 2.45) is 0 Å². The quantitative estimate of drug-likeness (QED) is 0.646. The largest absolute Gasteiger partial charge is 0.374 e. The first kappa shape index (κ1) is 11.2. The lowest BCUT2D eigenvalue weighted by Crippen LogP contribution is -2.43. The van der Waals surface area contributed by atoms with Crippen molar-refractivity contribution in [3.05, 3.63) is 0 Å². The fraction of sp³-hybridized carbons (Fsp3) is 1.00. The number of ether oxygens (including phenoxy) is 1. The average molecular weight is 181 g/mol. The monoisotopic (exact) mass is 180 g/mol. The minimum atomic E-state index is 0. The maximum absolute atomic E-state index is 5.48. The standard InChI is InChI=1S/C7H16N2O.ClH/c1-9(2)6-7-5-8-3-4-10-7;/h7-8H,3-6H2,1-2H3;1H/t7-;/m0./s1. The highest BCUT2D eigenvalue weighted by Gasteiger charge is 2.12. The van der Waals surface area contributed by atoms with E-state index >= 15 is 0 Å². The summed E-state index contributed by atoms with van der Waals surface area (Å²) in [5.41, 5.74) is 0. The van der Waals surface area contributed by atoms with Crippen LogP contribution >= 0.6 is 12.4 Å². The molecule has 0 bridgehead atoms. The van der Waals surface area contributed by atoms with E-state index < -0.39 is 0 Å². The number of nitrogens with zero attached hydrogens (tertiary/aromatic N) is 1. The van der Waals surface area contributed by atoms with Crippen molar-refractivity contribution in [2.45, 2.75) is 6.10 Å². The smallest absolute Gasteiger partial charge is 0.0826 e. The Kier molecular flexibility index (Phi) is 5.86. The average Bonchev–Trinajstić information content (AvgIpc) is 1.88. The minimum Gasteiger partial charge on any atom is -0.374 e. The molecule has 1 atom stereocenters. The Morgan fingerprint density at radius 3 is 2.73 bits per heavy atom. The molecule has 1 N–H and O–H groups in total. The van der Waals surface area contributed by atoms with Gasteiger partial charge in [0.15, 0.2) is 0 Å². The summed E-state index contributed by atoms with van der Waals surface area (Å²) >= 11 is 0. The Labute approximate surface area is 74.5 Å².